The number of anilines is 1. The number of hydrogen-bond acceptors (Lipinski definition) is 5. The number of carbonyl (C=O) groups excluding carboxylic acids is 1. The molecular weight excluding hydrogens is 246 g/mol. The summed E-state index contributed by atoms with van der Waals surface area (Å²) in [7, 11) is 1.41. The van der Waals surface area contributed by atoms with Crippen molar-refractivity contribution >= 4 is 11.9 Å². The molecule has 7 nitrogen and oxygen atoms in total. The van der Waals surface area contributed by atoms with Crippen LogP contribution in [0.3, 0.4) is 0 Å². The molecule has 0 spiro atoms. The van der Waals surface area contributed by atoms with Gasteiger partial charge in [-0.25, -0.2) is 4.68 Å². The standard InChI is InChI=1S/C9H8F2N6O/c1-17-8(14-15-16-17)13-7(18)9(10,11)6-4-2-3-5-12-6/h2-5H,1H3,(H,13,14,16,18). The van der Waals surface area contributed by atoms with Gasteiger partial charge in [0.05, 0.1) is 0 Å². The van der Waals surface area contributed by atoms with Crippen LogP contribution in [0.15, 0.2) is 24.4 Å². The molecule has 2 aromatic heterocycles. The number of carbonyl (C=O) groups is 1. The molecule has 18 heavy (non-hydrogen) atoms. The number of hydrogen-bond donors (Lipinski definition) is 1. The first-order chi connectivity index (χ1) is 8.51. The Bertz CT molecular complexity index is 555. The molecule has 0 aliphatic carbocycles. The Labute approximate surface area is 99.8 Å². The summed E-state index contributed by atoms with van der Waals surface area (Å²) in [6, 6.07) is 3.91. The number of tetrazole rings is 1. The highest BCUT2D eigenvalue weighted by Gasteiger charge is 2.42. The summed E-state index contributed by atoms with van der Waals surface area (Å²) in [4.78, 5) is 14.9. The number of rotatable bonds is 3. The fourth-order valence-electron chi connectivity index (χ4n) is 1.18. The summed E-state index contributed by atoms with van der Waals surface area (Å²) in [6.07, 6.45) is 1.18. The van der Waals surface area contributed by atoms with Crippen molar-refractivity contribution in [2.75, 3.05) is 5.32 Å². The largest absolute Gasteiger partial charge is 0.366 e. The van der Waals surface area contributed by atoms with Crippen LogP contribution in [0.4, 0.5) is 14.7 Å². The van der Waals surface area contributed by atoms with Gasteiger partial charge in [-0.15, -0.1) is 0 Å². The van der Waals surface area contributed by atoms with Gasteiger partial charge in [0.1, 0.15) is 5.69 Å². The molecule has 0 bridgehead atoms. The lowest BCUT2D eigenvalue weighted by molar-refractivity contribution is -0.141. The van der Waals surface area contributed by atoms with E-state index in [0.29, 0.717) is 0 Å². The van der Waals surface area contributed by atoms with Crippen molar-refractivity contribution in [3.63, 3.8) is 0 Å². The quantitative estimate of drug-likeness (QED) is 0.853. The van der Waals surface area contributed by atoms with E-state index in [1.165, 1.54) is 25.4 Å². The molecule has 94 valence electrons. The first kappa shape index (κ1) is 12.0. The maximum atomic E-state index is 13.7. The monoisotopic (exact) mass is 254 g/mol. The second kappa shape index (κ2) is 4.43. The zero-order chi connectivity index (χ0) is 13.2. The molecule has 2 heterocycles. The molecule has 0 saturated carbocycles. The van der Waals surface area contributed by atoms with E-state index in [2.05, 4.69) is 20.5 Å². The molecular formula is C9H8F2N6O. The molecule has 0 aliphatic rings. The summed E-state index contributed by atoms with van der Waals surface area (Å²) in [5, 5.41) is 11.9. The van der Waals surface area contributed by atoms with Crippen LogP contribution in [-0.4, -0.2) is 31.1 Å². The van der Waals surface area contributed by atoms with Crippen LogP contribution in [0.25, 0.3) is 0 Å². The normalized spacial score (nSPS) is 11.3. The number of aromatic nitrogens is 5. The van der Waals surface area contributed by atoms with Crippen molar-refractivity contribution < 1.29 is 13.6 Å². The summed E-state index contributed by atoms with van der Waals surface area (Å²) in [6.45, 7) is 0. The molecule has 0 radical (unpaired) electrons. The number of halogens is 2. The third-order valence-corrected chi connectivity index (χ3v) is 2.12. The summed E-state index contributed by atoms with van der Waals surface area (Å²) >= 11 is 0. The predicted octanol–water partition coefficient (Wildman–Crippen LogP) is 0.336. The van der Waals surface area contributed by atoms with E-state index in [0.717, 1.165) is 10.7 Å². The maximum absolute atomic E-state index is 13.7. The van der Waals surface area contributed by atoms with Gasteiger partial charge in [0, 0.05) is 13.2 Å². The molecule has 0 aliphatic heterocycles. The van der Waals surface area contributed by atoms with Crippen molar-refractivity contribution in [3.8, 4) is 0 Å². The van der Waals surface area contributed by atoms with Crippen molar-refractivity contribution in [1.29, 1.82) is 0 Å². The van der Waals surface area contributed by atoms with E-state index < -0.39 is 17.5 Å². The van der Waals surface area contributed by atoms with Crippen LogP contribution in [0.2, 0.25) is 0 Å². The number of aryl methyl sites for hydroxylation is 1. The van der Waals surface area contributed by atoms with Crippen molar-refractivity contribution in [2.45, 2.75) is 5.92 Å². The average molecular weight is 254 g/mol. The Balaban J connectivity index is 2.21. The van der Waals surface area contributed by atoms with E-state index >= 15 is 0 Å². The van der Waals surface area contributed by atoms with Crippen LogP contribution in [0.1, 0.15) is 5.69 Å². The van der Waals surface area contributed by atoms with Gasteiger partial charge in [-0.3, -0.25) is 15.1 Å². The van der Waals surface area contributed by atoms with Crippen LogP contribution in [0.5, 0.6) is 0 Å². The first-order valence-electron chi connectivity index (χ1n) is 4.85. The van der Waals surface area contributed by atoms with E-state index in [1.807, 2.05) is 5.32 Å². The van der Waals surface area contributed by atoms with Crippen LogP contribution in [-0.2, 0) is 17.8 Å². The Hall–Kier alpha value is -2.45. The lowest BCUT2D eigenvalue weighted by Crippen LogP contribution is -2.33. The van der Waals surface area contributed by atoms with E-state index in [9.17, 15) is 13.6 Å². The van der Waals surface area contributed by atoms with Gasteiger partial charge in [-0.2, -0.15) is 8.78 Å². The Morgan fingerprint density at radius 2 is 2.22 bits per heavy atom. The lowest BCUT2D eigenvalue weighted by Gasteiger charge is -2.14. The predicted molar refractivity (Wildman–Crippen MR) is 55.6 cm³/mol. The Morgan fingerprint density at radius 1 is 1.44 bits per heavy atom. The minimum Gasteiger partial charge on any atom is -0.288 e. The molecule has 1 amide bonds. The van der Waals surface area contributed by atoms with Gasteiger partial charge in [0.15, 0.2) is 0 Å². The fraction of sp³-hybridized carbons (Fsp3) is 0.222. The molecule has 2 aromatic rings. The number of pyridine rings is 1. The second-order valence-corrected chi connectivity index (χ2v) is 3.37. The number of amides is 1. The molecule has 0 fully saturated rings. The molecule has 2 rings (SSSR count). The molecule has 1 N–H and O–H groups in total. The number of alkyl halides is 2. The van der Waals surface area contributed by atoms with E-state index in [4.69, 9.17) is 0 Å². The molecule has 0 unspecified atom stereocenters. The highest BCUT2D eigenvalue weighted by Crippen LogP contribution is 2.27. The third-order valence-electron chi connectivity index (χ3n) is 2.12. The summed E-state index contributed by atoms with van der Waals surface area (Å²) < 4.78 is 28.5. The highest BCUT2D eigenvalue weighted by atomic mass is 19.3. The van der Waals surface area contributed by atoms with E-state index in [1.54, 1.807) is 0 Å². The number of nitrogens with one attached hydrogen (secondary N) is 1. The van der Waals surface area contributed by atoms with Crippen molar-refractivity contribution in [1.82, 2.24) is 25.2 Å². The Morgan fingerprint density at radius 3 is 2.78 bits per heavy atom. The van der Waals surface area contributed by atoms with Crippen molar-refractivity contribution in [2.24, 2.45) is 7.05 Å². The lowest BCUT2D eigenvalue weighted by atomic mass is 10.2. The second-order valence-electron chi connectivity index (χ2n) is 3.37. The zero-order valence-corrected chi connectivity index (χ0v) is 9.21. The van der Waals surface area contributed by atoms with Crippen LogP contribution < -0.4 is 5.32 Å². The first-order valence-corrected chi connectivity index (χ1v) is 4.85. The van der Waals surface area contributed by atoms with Crippen LogP contribution in [0, 0.1) is 0 Å². The number of nitrogens with zero attached hydrogens (tertiary/aromatic N) is 5. The molecule has 0 atom stereocenters. The highest BCUT2D eigenvalue weighted by molar-refractivity contribution is 5.95. The minimum atomic E-state index is -3.76. The average Bonchev–Trinajstić information content (AvgIpc) is 2.76. The maximum Gasteiger partial charge on any atom is 0.366 e. The smallest absolute Gasteiger partial charge is 0.288 e. The summed E-state index contributed by atoms with van der Waals surface area (Å²) in [5.41, 5.74) is -0.641. The zero-order valence-electron chi connectivity index (χ0n) is 9.21. The minimum absolute atomic E-state index is 0.171. The van der Waals surface area contributed by atoms with Gasteiger partial charge in [0.25, 0.3) is 0 Å². The third kappa shape index (κ3) is 2.14. The Kier molecular flexibility index (Phi) is 2.96. The topological polar surface area (TPSA) is 85.6 Å². The van der Waals surface area contributed by atoms with E-state index in [-0.39, 0.29) is 5.95 Å². The molecule has 0 saturated heterocycles. The SMILES string of the molecule is Cn1nnnc1NC(=O)C(F)(F)c1ccccn1. The van der Waals surface area contributed by atoms with Crippen molar-refractivity contribution in [3.05, 3.63) is 30.1 Å². The molecule has 9 heteroatoms. The van der Waals surface area contributed by atoms with Gasteiger partial charge >= 0.3 is 11.8 Å². The fourth-order valence-corrected chi connectivity index (χ4v) is 1.18. The summed E-state index contributed by atoms with van der Waals surface area (Å²) in [5.74, 6) is -5.47. The van der Waals surface area contributed by atoms with Crippen LogP contribution >= 0.6 is 0 Å². The van der Waals surface area contributed by atoms with Gasteiger partial charge < -0.3 is 0 Å². The molecule has 0 aromatic carbocycles. The van der Waals surface area contributed by atoms with Gasteiger partial charge in [-0.05, 0) is 22.6 Å². The van der Waals surface area contributed by atoms with Gasteiger partial charge in [0.2, 0.25) is 5.95 Å². The van der Waals surface area contributed by atoms with Gasteiger partial charge in [-0.1, -0.05) is 11.2 Å².